The highest BCUT2D eigenvalue weighted by atomic mass is 32.2. The summed E-state index contributed by atoms with van der Waals surface area (Å²) in [5.41, 5.74) is 21.0. The molecule has 31 heteroatoms. The maximum Gasteiger partial charge on any atom is 0.407 e. The van der Waals surface area contributed by atoms with Crippen LogP contribution < -0.4 is 43.8 Å². The number of sulfone groups is 1. The first-order valence-corrected chi connectivity index (χ1v) is 42.5. The largest absolute Gasteiger partial charge is 0.407 e. The molecule has 3 fully saturated rings. The number of ketones is 4. The van der Waals surface area contributed by atoms with Crippen LogP contribution >= 0.6 is 11.3 Å². The lowest BCUT2D eigenvalue weighted by molar-refractivity contribution is -0.160. The quantitative estimate of drug-likeness (QED) is 0.0182. The number of nitrogens with one attached hydrogen (secondary N) is 5. The van der Waals surface area contributed by atoms with E-state index < -0.39 is 99.2 Å². The summed E-state index contributed by atoms with van der Waals surface area (Å²) in [5.74, 6) is -5.49. The molecule has 646 valence electrons. The van der Waals surface area contributed by atoms with Gasteiger partial charge in [0.05, 0.1) is 65.3 Å². The fraction of sp³-hybridized carbons (Fsp3) is 0.427. The Labute approximate surface area is 705 Å². The molecule has 24 nitrogen and oxygen atoms in total. The number of nitriles is 2. The van der Waals surface area contributed by atoms with Crippen LogP contribution in [0.1, 0.15) is 162 Å². The number of alkyl halides is 5. The van der Waals surface area contributed by atoms with Crippen molar-refractivity contribution in [2.45, 2.75) is 174 Å². The molecule has 3 aliphatic rings. The van der Waals surface area contributed by atoms with Crippen molar-refractivity contribution in [1.82, 2.24) is 51.9 Å². The van der Waals surface area contributed by atoms with E-state index >= 15 is 0 Å². The average molecular weight is 1700 g/mol. The number of carbonyl (C=O) groups excluding carboxylic acids is 7. The third-order valence-electron chi connectivity index (χ3n) is 18.5. The Kier molecular flexibility index (Phi) is 44.3. The summed E-state index contributed by atoms with van der Waals surface area (Å²) in [5, 5.41) is 48.5. The number of hydrogen-bond acceptors (Lipinski definition) is 21. The molecule has 2 aromatic heterocycles. The van der Waals surface area contributed by atoms with Crippen molar-refractivity contribution in [3.63, 3.8) is 0 Å². The Balaban J connectivity index is 0.000000324. The molecule has 4 amide bonds. The lowest BCUT2D eigenvalue weighted by atomic mass is 9.92. The molecule has 120 heavy (non-hydrogen) atoms. The molecule has 1 saturated heterocycles. The summed E-state index contributed by atoms with van der Waals surface area (Å²) in [4.78, 5) is 89.6. The number of piperazine rings is 1. The highest BCUT2D eigenvalue weighted by molar-refractivity contribution is 7.90. The number of aromatic nitrogens is 4. The van der Waals surface area contributed by atoms with Crippen molar-refractivity contribution in [2.24, 2.45) is 28.0 Å². The first kappa shape index (κ1) is 102. The molecule has 0 bridgehead atoms. The lowest BCUT2D eigenvalue weighted by Crippen LogP contribution is -2.54. The monoisotopic (exact) mass is 1700 g/mol. The smallest absolute Gasteiger partial charge is 0.342 e. The standard InChI is InChI=1S/C23H23N3O2.C21H26F2N4O2.C21H21N3O2S.C17H19F3N2O3S.3C2H7N.CH4/c1-2-7-22(27)21(26-23(28)18-9-4-3-5-10-18)15-17-8-6-11-19(14-17)20-12-13-24-25-16-20;22-21(23,12-16-4-2-1-3-5-16)13-17(18(28)14-20(15-24)6-7-20)26-19(29)27-10-8-25-9-11-27;1-2-7-19(25)18(23-20(26)16-9-4-3-5-10-16)13-15-8-6-11-17(12-15)21-24-22-14-27-21;1-26(24,25)10-13(14(23)9-16(11-21)7-8-16)22-15(17(18,19)20)12-5-3-2-4-6-12;3*1-2-3;/h3-6,8-14,16,21H,2,7,15H2,1H3,(H,26,28);1-5,17,25H,6-14H2,(H,26,29);3-6,8-12,14,18H,2,7,13H2,1H3,(H,23,26);2-6,13,15,22H,7-10H2,1H3;3*2-3H2,1H3;1H4/t21-;17-;18-;13-,15-;;;;/m0000..../s1. The maximum atomic E-state index is 14.8. The molecule has 11 N–H and O–H groups in total. The molecule has 8 aromatic rings. The van der Waals surface area contributed by atoms with Crippen LogP contribution in [0.4, 0.5) is 26.7 Å². The Hall–Kier alpha value is -10.8. The molecule has 0 spiro atoms. The van der Waals surface area contributed by atoms with Gasteiger partial charge in [0.25, 0.3) is 17.7 Å². The number of hydrogen-bond donors (Lipinski definition) is 8. The van der Waals surface area contributed by atoms with Crippen LogP contribution in [-0.4, -0.2) is 169 Å². The number of nitrogens with zero attached hydrogens (tertiary/aromatic N) is 7. The highest BCUT2D eigenvalue weighted by Gasteiger charge is 2.49. The topological polar surface area (TPSA) is 394 Å². The minimum Gasteiger partial charge on any atom is -0.342 e. The van der Waals surface area contributed by atoms with Gasteiger partial charge in [-0.25, -0.2) is 22.0 Å². The Morgan fingerprint density at radius 3 is 1.42 bits per heavy atom. The van der Waals surface area contributed by atoms with E-state index in [2.05, 4.69) is 53.0 Å². The van der Waals surface area contributed by atoms with Crippen molar-refractivity contribution < 1.29 is 63.9 Å². The van der Waals surface area contributed by atoms with Gasteiger partial charge in [-0.15, -0.1) is 10.2 Å². The van der Waals surface area contributed by atoms with Gasteiger partial charge in [-0.1, -0.05) is 193 Å². The summed E-state index contributed by atoms with van der Waals surface area (Å²) < 4.78 is 93.3. The van der Waals surface area contributed by atoms with E-state index in [1.165, 1.54) is 40.5 Å². The van der Waals surface area contributed by atoms with Crippen LogP contribution in [0.15, 0.2) is 194 Å². The van der Waals surface area contributed by atoms with Crippen LogP contribution in [0.2, 0.25) is 0 Å². The molecule has 6 aromatic carbocycles. The van der Waals surface area contributed by atoms with Gasteiger partial charge in [-0.3, -0.25) is 34.1 Å². The summed E-state index contributed by atoms with van der Waals surface area (Å²) in [6, 6.07) is 48.3. The predicted molar refractivity (Wildman–Crippen MR) is 459 cm³/mol. The number of benzene rings is 6. The number of amides is 4. The highest BCUT2D eigenvalue weighted by Crippen LogP contribution is 2.49. The van der Waals surface area contributed by atoms with Gasteiger partial charge in [0, 0.05) is 93.2 Å². The zero-order chi connectivity index (χ0) is 87.4. The summed E-state index contributed by atoms with van der Waals surface area (Å²) in [7, 11) is -3.72. The van der Waals surface area contributed by atoms with Gasteiger partial charge in [0.2, 0.25) is 0 Å². The van der Waals surface area contributed by atoms with Gasteiger partial charge in [0.1, 0.15) is 26.4 Å². The zero-order valence-electron chi connectivity index (χ0n) is 68.2. The number of Topliss-reactive ketones (excluding diaryl/α,β-unsaturated/α-hetero) is 4. The van der Waals surface area contributed by atoms with Crippen molar-refractivity contribution in [3.8, 4) is 33.8 Å². The molecule has 5 atom stereocenters. The van der Waals surface area contributed by atoms with Gasteiger partial charge < -0.3 is 43.4 Å². The van der Waals surface area contributed by atoms with Crippen LogP contribution in [0.5, 0.6) is 0 Å². The molecule has 2 saturated carbocycles. The van der Waals surface area contributed by atoms with E-state index in [0.717, 1.165) is 71.6 Å². The van der Waals surface area contributed by atoms with Gasteiger partial charge in [0.15, 0.2) is 23.1 Å². The minimum atomic E-state index is -4.72. The van der Waals surface area contributed by atoms with Gasteiger partial charge in [-0.2, -0.15) is 33.9 Å². The predicted octanol–water partition coefficient (Wildman–Crippen LogP) is 13.4. The van der Waals surface area contributed by atoms with Crippen molar-refractivity contribution in [1.29, 1.82) is 10.5 Å². The molecular weight excluding hydrogens is 1580 g/mol. The molecule has 2 aliphatic carbocycles. The van der Waals surface area contributed by atoms with Crippen LogP contribution in [0.3, 0.4) is 0 Å². The lowest BCUT2D eigenvalue weighted by Gasteiger charge is -2.30. The zero-order valence-corrected chi connectivity index (χ0v) is 69.8. The van der Waals surface area contributed by atoms with Crippen molar-refractivity contribution >= 4 is 62.2 Å². The normalized spacial score (nSPS) is 14.4. The Bertz CT molecular complexity index is 4610. The number of halogens is 5. The fourth-order valence-electron chi connectivity index (χ4n) is 12.2. The SMILES string of the molecule is C.CCCC(=O)[C@H](Cc1cccc(-c2ccnnc2)c1)NC(=O)c1ccccc1.CCCC(=O)[C@H](Cc1cccc(-c2nncs2)c1)NC(=O)c1ccccc1.CCN.CCN.CCN.CS(=O)(=O)C[C@H](N[C@@H](c1ccccc1)C(F)(F)F)C(=O)CC1(C#N)CC1.N#CC1(CC(=O)[C@H](CC(F)(F)Cc2ccccc2)NC(=O)N2CCNCC2)CC1. The van der Waals surface area contributed by atoms with E-state index in [1.807, 2.05) is 132 Å². The molecule has 1 aliphatic heterocycles. The summed E-state index contributed by atoms with van der Waals surface area (Å²) in [6.07, 6.45) is 3.29. The second-order valence-electron chi connectivity index (χ2n) is 28.9. The number of carbonyl (C=O) groups is 7. The fourth-order valence-corrected chi connectivity index (χ4v) is 13.6. The van der Waals surface area contributed by atoms with E-state index in [4.69, 9.17) is 22.5 Å². The molecule has 0 radical (unpaired) electrons. The summed E-state index contributed by atoms with van der Waals surface area (Å²) >= 11 is 1.47. The molecular formula is C89H114F5N15O9S2. The molecule has 3 heterocycles. The maximum absolute atomic E-state index is 14.8. The third kappa shape index (κ3) is 36.8. The number of urea groups is 1. The second-order valence-corrected chi connectivity index (χ2v) is 31.9. The minimum absolute atomic E-state index is 0. The summed E-state index contributed by atoms with van der Waals surface area (Å²) in [6.45, 7) is 14.0. The third-order valence-corrected chi connectivity index (χ3v) is 20.2. The molecule has 0 unspecified atom stereocenters. The number of nitrogens with two attached hydrogens (primary N) is 3. The second kappa shape index (κ2) is 52.3. The number of rotatable bonds is 32. The Morgan fingerprint density at radius 2 is 1.00 bits per heavy atom. The van der Waals surface area contributed by atoms with Crippen LogP contribution in [0, 0.1) is 33.5 Å². The first-order valence-electron chi connectivity index (χ1n) is 39.6. The van der Waals surface area contributed by atoms with E-state index in [-0.39, 0.29) is 49.2 Å². The molecule has 11 rings (SSSR count). The Morgan fingerprint density at radius 1 is 0.558 bits per heavy atom. The first-order chi connectivity index (χ1) is 56.9. The van der Waals surface area contributed by atoms with Gasteiger partial charge >= 0.3 is 12.2 Å². The average Bonchev–Trinajstić information content (AvgIpc) is 1.69. The van der Waals surface area contributed by atoms with Gasteiger partial charge in [-0.05, 0) is 135 Å². The van der Waals surface area contributed by atoms with Crippen molar-refractivity contribution in [3.05, 3.63) is 227 Å². The van der Waals surface area contributed by atoms with E-state index in [1.54, 1.807) is 78.6 Å². The van der Waals surface area contributed by atoms with Crippen LogP contribution in [-0.2, 0) is 48.3 Å². The van der Waals surface area contributed by atoms with E-state index in [0.29, 0.717) is 94.2 Å². The van der Waals surface area contributed by atoms with Crippen molar-refractivity contribution in [2.75, 3.05) is 57.8 Å². The van der Waals surface area contributed by atoms with Crippen LogP contribution in [0.25, 0.3) is 21.7 Å². The van der Waals surface area contributed by atoms with E-state index in [9.17, 15) is 69.2 Å².